The van der Waals surface area contributed by atoms with E-state index in [1.54, 1.807) is 31.2 Å². The molecule has 6 nitrogen and oxygen atoms in total. The first-order valence-corrected chi connectivity index (χ1v) is 11.5. The molecule has 4 aliphatic rings. The van der Waals surface area contributed by atoms with Crippen LogP contribution < -0.4 is 10.6 Å². The van der Waals surface area contributed by atoms with Gasteiger partial charge < -0.3 is 10.6 Å². The van der Waals surface area contributed by atoms with Crippen LogP contribution in [0.15, 0.2) is 24.3 Å². The number of hydrogen-bond acceptors (Lipinski definition) is 3. The minimum absolute atomic E-state index is 0.00659. The summed E-state index contributed by atoms with van der Waals surface area (Å²) in [6, 6.07) is 6.86. The maximum Gasteiger partial charge on any atom is 0.320 e. The van der Waals surface area contributed by atoms with Crippen molar-refractivity contribution >= 4 is 22.8 Å². The van der Waals surface area contributed by atoms with Crippen molar-refractivity contribution in [3.05, 3.63) is 30.1 Å². The molecule has 2 N–H and O–H groups in total. The normalized spacial score (nSPS) is 31.8. The first kappa shape index (κ1) is 21.3. The Morgan fingerprint density at radius 1 is 1.19 bits per heavy atom. The first-order valence-electron chi connectivity index (χ1n) is 11.5. The Morgan fingerprint density at radius 3 is 2.53 bits per heavy atom. The minimum atomic E-state index is -2.70. The van der Waals surface area contributed by atoms with Crippen molar-refractivity contribution in [3.8, 4) is 0 Å². The van der Waals surface area contributed by atoms with Gasteiger partial charge in [-0.1, -0.05) is 19.1 Å². The third kappa shape index (κ3) is 3.48. The fourth-order valence-corrected chi connectivity index (χ4v) is 7.19. The second-order valence-electron chi connectivity index (χ2n) is 10.4. The summed E-state index contributed by atoms with van der Waals surface area (Å²) < 4.78 is 28.6. The molecule has 6 rings (SSSR count). The van der Waals surface area contributed by atoms with Gasteiger partial charge in [-0.05, 0) is 62.5 Å². The topological polar surface area (TPSA) is 76.0 Å². The van der Waals surface area contributed by atoms with Crippen LogP contribution in [0.5, 0.6) is 0 Å². The predicted octanol–water partition coefficient (Wildman–Crippen LogP) is 4.13. The number of amides is 2. The average Bonchev–Trinajstić information content (AvgIpc) is 3.09. The van der Waals surface area contributed by atoms with Gasteiger partial charge in [0.15, 0.2) is 0 Å². The Hall–Kier alpha value is -2.51. The highest BCUT2D eigenvalue weighted by Gasteiger charge is 2.60. The summed E-state index contributed by atoms with van der Waals surface area (Å²) in [7, 11) is 0. The molecule has 32 heavy (non-hydrogen) atoms. The number of aromatic nitrogens is 2. The number of halogens is 2. The number of para-hydroxylation sites is 2. The van der Waals surface area contributed by atoms with Crippen molar-refractivity contribution in [2.75, 3.05) is 6.54 Å². The van der Waals surface area contributed by atoms with Crippen LogP contribution in [0.4, 0.5) is 8.78 Å². The molecule has 3 atom stereocenters. The van der Waals surface area contributed by atoms with Crippen molar-refractivity contribution < 1.29 is 18.4 Å². The van der Waals surface area contributed by atoms with Crippen LogP contribution in [0.25, 0.3) is 11.0 Å². The number of imidazole rings is 1. The molecule has 0 radical (unpaired) electrons. The molecule has 4 fully saturated rings. The summed E-state index contributed by atoms with van der Waals surface area (Å²) in [5, 5.41) is 6.25. The number of fused-ring (bicyclic) bond motifs is 1. The van der Waals surface area contributed by atoms with Crippen molar-refractivity contribution in [2.45, 2.75) is 70.4 Å². The molecule has 8 heteroatoms. The number of nitrogens with one attached hydrogen (secondary N) is 2. The summed E-state index contributed by atoms with van der Waals surface area (Å²) in [4.78, 5) is 29.7. The van der Waals surface area contributed by atoms with Crippen LogP contribution in [-0.2, 0) is 9.59 Å². The van der Waals surface area contributed by atoms with Gasteiger partial charge in [-0.3, -0.25) is 14.2 Å². The van der Waals surface area contributed by atoms with E-state index in [1.807, 2.05) is 6.92 Å². The molecule has 0 spiro atoms. The number of rotatable bonds is 6. The maximum atomic E-state index is 13.8. The Bertz CT molecular complexity index is 1050. The number of alkyl halides is 2. The highest BCUT2D eigenvalue weighted by molar-refractivity contribution is 5.84. The third-order valence-electron chi connectivity index (χ3n) is 7.81. The molecule has 2 amide bonds. The van der Waals surface area contributed by atoms with Gasteiger partial charge in [0.1, 0.15) is 5.82 Å². The molecule has 0 aliphatic heterocycles. The van der Waals surface area contributed by atoms with Crippen LogP contribution in [0.1, 0.15) is 70.7 Å². The number of hydrogen-bond donors (Lipinski definition) is 2. The summed E-state index contributed by atoms with van der Waals surface area (Å²) in [5.41, 5.74) is 0.172. The molecule has 4 aliphatic carbocycles. The first-order chi connectivity index (χ1) is 15.2. The molecule has 1 aromatic carbocycles. The second kappa shape index (κ2) is 7.52. The van der Waals surface area contributed by atoms with Gasteiger partial charge in [0.25, 0.3) is 0 Å². The van der Waals surface area contributed by atoms with Gasteiger partial charge in [-0.2, -0.15) is 8.78 Å². The minimum Gasteiger partial charge on any atom is -0.355 e. The summed E-state index contributed by atoms with van der Waals surface area (Å²) >= 11 is 0. The molecule has 4 bridgehead atoms. The third-order valence-corrected chi connectivity index (χ3v) is 7.81. The van der Waals surface area contributed by atoms with Gasteiger partial charge in [0, 0.05) is 24.9 Å². The number of benzene rings is 1. The van der Waals surface area contributed by atoms with E-state index >= 15 is 0 Å². The lowest BCUT2D eigenvalue weighted by Gasteiger charge is -2.61. The lowest BCUT2D eigenvalue weighted by molar-refractivity contribution is -0.153. The van der Waals surface area contributed by atoms with Gasteiger partial charge in [0.05, 0.1) is 16.4 Å². The highest BCUT2D eigenvalue weighted by atomic mass is 19.3. The number of carbonyl (C=O) groups is 2. The van der Waals surface area contributed by atoms with Crippen LogP contribution in [0, 0.1) is 17.3 Å². The molecule has 2 aromatic rings. The molecule has 1 heterocycles. The number of nitrogens with zero attached hydrogens (tertiary/aromatic N) is 2. The van der Waals surface area contributed by atoms with Crippen LogP contribution >= 0.6 is 0 Å². The average molecular weight is 445 g/mol. The van der Waals surface area contributed by atoms with Crippen LogP contribution in [-0.4, -0.2) is 33.4 Å². The quantitative estimate of drug-likeness (QED) is 0.704. The Morgan fingerprint density at radius 2 is 1.88 bits per heavy atom. The molecule has 1 aromatic heterocycles. The fourth-order valence-electron chi connectivity index (χ4n) is 7.19. The smallest absolute Gasteiger partial charge is 0.320 e. The summed E-state index contributed by atoms with van der Waals surface area (Å²) in [6.07, 6.45) is 5.40. The Kier molecular flexibility index (Phi) is 5.02. The highest BCUT2D eigenvalue weighted by Crippen LogP contribution is 2.61. The fraction of sp³-hybridized carbons (Fsp3) is 0.625. The van der Waals surface area contributed by atoms with Crippen LogP contribution in [0.3, 0.4) is 0 Å². The van der Waals surface area contributed by atoms with Gasteiger partial charge in [-0.25, -0.2) is 4.98 Å². The molecule has 4 saturated carbocycles. The van der Waals surface area contributed by atoms with E-state index < -0.39 is 12.0 Å². The predicted molar refractivity (Wildman–Crippen MR) is 116 cm³/mol. The van der Waals surface area contributed by atoms with Crippen molar-refractivity contribution in [1.29, 1.82) is 0 Å². The monoisotopic (exact) mass is 444 g/mol. The van der Waals surface area contributed by atoms with Gasteiger partial charge in [-0.15, -0.1) is 0 Å². The molecule has 0 unspecified atom stereocenters. The molecule has 0 saturated heterocycles. The standard InChI is InChI=1S/C24H30F2N4O2/c1-14(20-28-18-5-3-4-6-19(18)30(20)22(25)26)12-27-21(32)23-8-16-7-17(9-23)11-24(10-16,13-23)29-15(2)31/h3-6,14,16-17,22H,7-13H2,1-2H3,(H,27,32)(H,29,31)/t14-,16-,17-,23?,24?/m0/s1. The second-order valence-corrected chi connectivity index (χ2v) is 10.4. The van der Waals surface area contributed by atoms with E-state index in [0.29, 0.717) is 29.3 Å². The largest absolute Gasteiger partial charge is 0.355 e. The van der Waals surface area contributed by atoms with E-state index in [2.05, 4.69) is 15.6 Å². The summed E-state index contributed by atoms with van der Waals surface area (Å²) in [5.74, 6) is 0.777. The summed E-state index contributed by atoms with van der Waals surface area (Å²) in [6.45, 7) is 0.913. The van der Waals surface area contributed by atoms with E-state index in [9.17, 15) is 18.4 Å². The molecular formula is C24H30F2N4O2. The Balaban J connectivity index is 1.34. The molecular weight excluding hydrogens is 414 g/mol. The van der Waals surface area contributed by atoms with Crippen LogP contribution in [0.2, 0.25) is 0 Å². The zero-order chi connectivity index (χ0) is 22.7. The number of carbonyl (C=O) groups excluding carboxylic acids is 2. The SMILES string of the molecule is CC(=O)NC12C[C@H]3C[C@H](C1)CC(C(=O)NC[C@H](C)c1nc4ccccc4n1C(F)F)(C3)C2. The lowest BCUT2D eigenvalue weighted by Crippen LogP contribution is -2.65. The van der Waals surface area contributed by atoms with E-state index in [4.69, 9.17) is 0 Å². The van der Waals surface area contributed by atoms with E-state index in [1.165, 1.54) is 0 Å². The van der Waals surface area contributed by atoms with E-state index in [-0.39, 0.29) is 35.6 Å². The van der Waals surface area contributed by atoms with Gasteiger partial charge >= 0.3 is 6.55 Å². The van der Waals surface area contributed by atoms with Gasteiger partial charge in [0.2, 0.25) is 11.8 Å². The van der Waals surface area contributed by atoms with E-state index in [0.717, 1.165) is 36.7 Å². The Labute approximate surface area is 186 Å². The lowest BCUT2D eigenvalue weighted by atomic mass is 9.46. The van der Waals surface area contributed by atoms with Crippen molar-refractivity contribution in [2.24, 2.45) is 17.3 Å². The molecule has 172 valence electrons. The zero-order valence-corrected chi connectivity index (χ0v) is 18.5. The van der Waals surface area contributed by atoms with Crippen molar-refractivity contribution in [1.82, 2.24) is 20.2 Å². The zero-order valence-electron chi connectivity index (χ0n) is 18.5. The van der Waals surface area contributed by atoms with Crippen molar-refractivity contribution in [3.63, 3.8) is 0 Å². The maximum absolute atomic E-state index is 13.8.